The van der Waals surface area contributed by atoms with E-state index in [1.807, 2.05) is 13.8 Å². The maximum Gasteiger partial charge on any atom is 0.250 e. The summed E-state index contributed by atoms with van der Waals surface area (Å²) in [5, 5.41) is 3.88. The number of hydrogen-bond donors (Lipinski definition) is 1. The average molecular weight is 318 g/mol. The highest BCUT2D eigenvalue weighted by Crippen LogP contribution is 2.19. The van der Waals surface area contributed by atoms with Crippen molar-refractivity contribution < 1.29 is 8.78 Å². The molecule has 7 heteroatoms. The Hall–Kier alpha value is -2.83. The van der Waals surface area contributed by atoms with Crippen LogP contribution in [-0.4, -0.2) is 14.8 Å². The fourth-order valence-electron chi connectivity index (χ4n) is 2.06. The minimum Gasteiger partial charge on any atom is -0.379 e. The molecule has 120 valence electrons. The van der Waals surface area contributed by atoms with Gasteiger partial charge in [-0.25, -0.2) is 13.5 Å². The number of nitrogen functional groups attached to an aromatic ring is 1. The first-order valence-corrected chi connectivity index (χ1v) is 7.08. The Morgan fingerprint density at radius 2 is 1.87 bits per heavy atom. The lowest BCUT2D eigenvalue weighted by atomic mass is 10.2. The van der Waals surface area contributed by atoms with Crippen molar-refractivity contribution in [2.24, 2.45) is 0 Å². The van der Waals surface area contributed by atoms with Gasteiger partial charge >= 0.3 is 0 Å². The van der Waals surface area contributed by atoms with Gasteiger partial charge in [0, 0.05) is 12.3 Å². The normalized spacial score (nSPS) is 10.3. The van der Waals surface area contributed by atoms with Crippen LogP contribution in [0, 0.1) is 18.6 Å². The predicted octanol–water partition coefficient (Wildman–Crippen LogP) is 2.98. The van der Waals surface area contributed by atoms with Gasteiger partial charge in [0.05, 0.1) is 5.52 Å². The van der Waals surface area contributed by atoms with Crippen LogP contribution in [0.4, 0.5) is 14.6 Å². The second kappa shape index (κ2) is 6.51. The maximum absolute atomic E-state index is 14.0. The zero-order valence-corrected chi connectivity index (χ0v) is 13.0. The number of rotatable bonds is 1. The summed E-state index contributed by atoms with van der Waals surface area (Å²) in [6, 6.07) is 4.70. The number of aromatic nitrogens is 3. The molecule has 0 aliphatic rings. The zero-order valence-electron chi connectivity index (χ0n) is 13.0. The molecule has 0 amide bonds. The van der Waals surface area contributed by atoms with E-state index in [1.54, 1.807) is 13.0 Å². The minimum atomic E-state index is -0.812. The molecule has 0 radical (unpaired) electrons. The van der Waals surface area contributed by atoms with E-state index in [1.165, 1.54) is 12.3 Å². The molecule has 0 unspecified atom stereocenters. The molecule has 2 heterocycles. The van der Waals surface area contributed by atoms with Crippen molar-refractivity contribution in [1.82, 2.24) is 14.8 Å². The second-order valence-electron chi connectivity index (χ2n) is 4.60. The summed E-state index contributed by atoms with van der Waals surface area (Å²) in [7, 11) is 0. The largest absolute Gasteiger partial charge is 0.379 e. The van der Waals surface area contributed by atoms with Gasteiger partial charge < -0.3 is 5.73 Å². The van der Waals surface area contributed by atoms with Gasteiger partial charge in [-0.2, -0.15) is 0 Å². The van der Waals surface area contributed by atoms with Gasteiger partial charge in [0.2, 0.25) is 5.43 Å². The lowest BCUT2D eigenvalue weighted by Gasteiger charge is -2.11. The first-order valence-electron chi connectivity index (χ1n) is 7.08. The van der Waals surface area contributed by atoms with Gasteiger partial charge in [-0.1, -0.05) is 13.8 Å². The van der Waals surface area contributed by atoms with Crippen LogP contribution in [0.3, 0.4) is 0 Å². The van der Waals surface area contributed by atoms with Gasteiger partial charge in [-0.05, 0) is 30.7 Å². The Balaban J connectivity index is 0.000000924. The van der Waals surface area contributed by atoms with Crippen molar-refractivity contribution in [3.63, 3.8) is 0 Å². The average Bonchev–Trinajstić information content (AvgIpc) is 2.53. The number of pyridine rings is 1. The molecule has 0 bridgehead atoms. The van der Waals surface area contributed by atoms with Crippen LogP contribution in [0.15, 0.2) is 35.3 Å². The van der Waals surface area contributed by atoms with E-state index in [4.69, 9.17) is 5.73 Å². The van der Waals surface area contributed by atoms with E-state index in [0.29, 0.717) is 5.52 Å². The minimum absolute atomic E-state index is 0.0134. The van der Waals surface area contributed by atoms with Crippen LogP contribution in [0.1, 0.15) is 19.4 Å². The van der Waals surface area contributed by atoms with E-state index < -0.39 is 17.1 Å². The molecule has 0 saturated carbocycles. The van der Waals surface area contributed by atoms with Crippen molar-refractivity contribution in [2.45, 2.75) is 20.8 Å². The zero-order chi connectivity index (χ0) is 17.1. The van der Waals surface area contributed by atoms with Gasteiger partial charge in [-0.3, -0.25) is 9.78 Å². The summed E-state index contributed by atoms with van der Waals surface area (Å²) in [5.41, 5.74) is 6.18. The number of hydrogen-bond acceptors (Lipinski definition) is 4. The maximum atomic E-state index is 14.0. The number of benzene rings is 1. The number of fused-ring (bicyclic) bond motifs is 1. The molecule has 5 nitrogen and oxygen atoms in total. The molecule has 3 rings (SSSR count). The van der Waals surface area contributed by atoms with Crippen LogP contribution in [-0.2, 0) is 0 Å². The molecule has 2 N–H and O–H groups in total. The fraction of sp³-hybridized carbons (Fsp3) is 0.188. The summed E-state index contributed by atoms with van der Waals surface area (Å²) in [4.78, 5) is 16.0. The smallest absolute Gasteiger partial charge is 0.250 e. The highest BCUT2D eigenvalue weighted by molar-refractivity contribution is 5.78. The number of nitrogens with two attached hydrogens (primary N) is 1. The lowest BCUT2D eigenvalue weighted by molar-refractivity contribution is 0.574. The highest BCUT2D eigenvalue weighted by atomic mass is 19.1. The monoisotopic (exact) mass is 318 g/mol. The Morgan fingerprint density at radius 1 is 1.17 bits per heavy atom. The SMILES string of the molecule is CC.Cc1cnc2c(=O)c(N)nn(-c3ccc(F)cc3F)c2c1. The molecule has 23 heavy (non-hydrogen) atoms. The molecule has 0 spiro atoms. The Bertz CT molecular complexity index is 922. The van der Waals surface area contributed by atoms with E-state index in [2.05, 4.69) is 10.1 Å². The summed E-state index contributed by atoms with van der Waals surface area (Å²) in [6.45, 7) is 5.78. The van der Waals surface area contributed by atoms with Gasteiger partial charge in [-0.15, -0.1) is 5.10 Å². The van der Waals surface area contributed by atoms with Gasteiger partial charge in [0.25, 0.3) is 0 Å². The summed E-state index contributed by atoms with van der Waals surface area (Å²) < 4.78 is 28.1. The van der Waals surface area contributed by atoms with Crippen LogP contribution >= 0.6 is 0 Å². The fourth-order valence-corrected chi connectivity index (χ4v) is 2.06. The van der Waals surface area contributed by atoms with Crippen LogP contribution in [0.5, 0.6) is 0 Å². The van der Waals surface area contributed by atoms with Crippen molar-refractivity contribution in [3.05, 3.63) is 57.9 Å². The lowest BCUT2D eigenvalue weighted by Crippen LogP contribution is -2.19. The molecular weight excluding hydrogens is 302 g/mol. The molecule has 3 aromatic rings. The highest BCUT2D eigenvalue weighted by Gasteiger charge is 2.14. The Kier molecular flexibility index (Phi) is 4.68. The molecule has 2 aromatic heterocycles. The number of halogens is 2. The van der Waals surface area contributed by atoms with Gasteiger partial charge in [0.15, 0.2) is 11.6 Å². The summed E-state index contributed by atoms with van der Waals surface area (Å²) in [6.07, 6.45) is 1.51. The third-order valence-electron chi connectivity index (χ3n) is 3.03. The first kappa shape index (κ1) is 16.5. The van der Waals surface area contributed by atoms with Crippen LogP contribution in [0.25, 0.3) is 16.7 Å². The van der Waals surface area contributed by atoms with Crippen molar-refractivity contribution in [1.29, 1.82) is 0 Å². The third kappa shape index (κ3) is 3.03. The van der Waals surface area contributed by atoms with Crippen LogP contribution < -0.4 is 11.2 Å². The van der Waals surface area contributed by atoms with Crippen molar-refractivity contribution in [3.8, 4) is 5.69 Å². The van der Waals surface area contributed by atoms with Crippen molar-refractivity contribution in [2.75, 3.05) is 5.73 Å². The number of nitrogens with zero attached hydrogens (tertiary/aromatic N) is 3. The standard InChI is InChI=1S/C14H10F2N4O.C2H6/c1-7-4-11-12(18-6-7)13(21)14(17)19-20(11)10-3-2-8(15)5-9(10)16;1-2/h2-6H,1H3,(H2,17,19);1-2H3. The molecule has 1 aromatic carbocycles. The number of aryl methyl sites for hydroxylation is 1. The molecule has 0 fully saturated rings. The molecule has 0 saturated heterocycles. The second-order valence-corrected chi connectivity index (χ2v) is 4.60. The Morgan fingerprint density at radius 3 is 2.52 bits per heavy atom. The summed E-state index contributed by atoms with van der Waals surface area (Å²) in [5.74, 6) is -1.82. The molecule has 0 aliphatic carbocycles. The quantitative estimate of drug-likeness (QED) is 0.748. The van der Waals surface area contributed by atoms with E-state index in [9.17, 15) is 13.6 Å². The Labute approximate surface area is 131 Å². The number of anilines is 1. The topological polar surface area (TPSA) is 73.8 Å². The molecule has 0 atom stereocenters. The first-order chi connectivity index (χ1) is 11.0. The van der Waals surface area contributed by atoms with E-state index in [-0.39, 0.29) is 17.0 Å². The van der Waals surface area contributed by atoms with Crippen LogP contribution in [0.2, 0.25) is 0 Å². The molecular formula is C16H16F2N4O. The van der Waals surface area contributed by atoms with E-state index >= 15 is 0 Å². The predicted molar refractivity (Wildman–Crippen MR) is 85.5 cm³/mol. The molecule has 0 aliphatic heterocycles. The summed E-state index contributed by atoms with van der Waals surface area (Å²) >= 11 is 0. The van der Waals surface area contributed by atoms with Gasteiger partial charge in [0.1, 0.15) is 17.0 Å². The van der Waals surface area contributed by atoms with Crippen molar-refractivity contribution >= 4 is 16.9 Å². The van der Waals surface area contributed by atoms with E-state index in [0.717, 1.165) is 22.4 Å². The third-order valence-corrected chi connectivity index (χ3v) is 3.03.